The van der Waals surface area contributed by atoms with Crippen LogP contribution < -0.4 is 10.1 Å². The number of hydrogen-bond donors (Lipinski definition) is 1. The zero-order valence-electron chi connectivity index (χ0n) is 19.0. The van der Waals surface area contributed by atoms with Crippen molar-refractivity contribution in [2.24, 2.45) is 0 Å². The van der Waals surface area contributed by atoms with Crippen LogP contribution in [0.4, 0.5) is 4.79 Å². The Hall–Kier alpha value is -3.28. The van der Waals surface area contributed by atoms with Gasteiger partial charge >= 0.3 is 12.0 Å². The van der Waals surface area contributed by atoms with Crippen LogP contribution in [0.5, 0.6) is 5.75 Å². The molecular formula is C25H30N2O4. The molecule has 2 aromatic carbocycles. The van der Waals surface area contributed by atoms with E-state index in [9.17, 15) is 9.59 Å². The van der Waals surface area contributed by atoms with Crippen LogP contribution in [0.2, 0.25) is 0 Å². The summed E-state index contributed by atoms with van der Waals surface area (Å²) in [6.45, 7) is 10.1. The van der Waals surface area contributed by atoms with Gasteiger partial charge in [-0.3, -0.25) is 4.90 Å². The van der Waals surface area contributed by atoms with Crippen LogP contribution in [-0.2, 0) is 9.53 Å². The summed E-state index contributed by atoms with van der Waals surface area (Å²) in [7, 11) is 1.63. The number of nitrogens with zero attached hydrogens (tertiary/aromatic N) is 1. The third-order valence-corrected chi connectivity index (χ3v) is 5.66. The smallest absolute Gasteiger partial charge is 0.338 e. The van der Waals surface area contributed by atoms with Crippen molar-refractivity contribution in [1.82, 2.24) is 10.2 Å². The van der Waals surface area contributed by atoms with Gasteiger partial charge in [-0.2, -0.15) is 0 Å². The van der Waals surface area contributed by atoms with Gasteiger partial charge in [-0.15, -0.1) is 0 Å². The maximum Gasteiger partial charge on any atom is 0.338 e. The van der Waals surface area contributed by atoms with E-state index in [1.165, 1.54) is 10.5 Å². The highest BCUT2D eigenvalue weighted by molar-refractivity contribution is 5.95. The van der Waals surface area contributed by atoms with Crippen LogP contribution in [0.25, 0.3) is 0 Å². The first-order valence-corrected chi connectivity index (χ1v) is 10.4. The summed E-state index contributed by atoms with van der Waals surface area (Å²) in [6.07, 6.45) is 0. The van der Waals surface area contributed by atoms with Crippen LogP contribution in [0, 0.1) is 27.7 Å². The predicted molar refractivity (Wildman–Crippen MR) is 120 cm³/mol. The highest BCUT2D eigenvalue weighted by Crippen LogP contribution is 2.33. The van der Waals surface area contributed by atoms with E-state index in [1.54, 1.807) is 14.0 Å². The average molecular weight is 423 g/mol. The Labute approximate surface area is 183 Å². The van der Waals surface area contributed by atoms with E-state index in [4.69, 9.17) is 9.47 Å². The molecule has 1 aliphatic heterocycles. The van der Waals surface area contributed by atoms with Crippen molar-refractivity contribution < 1.29 is 19.1 Å². The van der Waals surface area contributed by atoms with Crippen molar-refractivity contribution in [2.45, 2.75) is 40.7 Å². The Morgan fingerprint density at radius 2 is 1.77 bits per heavy atom. The molecule has 1 heterocycles. The highest BCUT2D eigenvalue weighted by atomic mass is 16.5. The molecule has 1 N–H and O–H groups in total. The summed E-state index contributed by atoms with van der Waals surface area (Å²) in [5.41, 5.74) is 6.12. The molecule has 1 aliphatic rings. The summed E-state index contributed by atoms with van der Waals surface area (Å²) < 4.78 is 11.4. The number of aryl methyl sites for hydroxylation is 4. The van der Waals surface area contributed by atoms with Gasteiger partial charge in [0.25, 0.3) is 0 Å². The number of nitrogens with one attached hydrogen (secondary N) is 1. The largest absolute Gasteiger partial charge is 0.487 e. The van der Waals surface area contributed by atoms with Gasteiger partial charge in [0.1, 0.15) is 12.4 Å². The molecule has 6 heteroatoms. The lowest BCUT2D eigenvalue weighted by Crippen LogP contribution is -2.48. The van der Waals surface area contributed by atoms with Crippen LogP contribution in [0.15, 0.2) is 47.7 Å². The fraction of sp³-hybridized carbons (Fsp3) is 0.360. The number of esters is 1. The van der Waals surface area contributed by atoms with Gasteiger partial charge in [-0.25, -0.2) is 9.59 Å². The fourth-order valence-electron chi connectivity index (χ4n) is 3.72. The van der Waals surface area contributed by atoms with E-state index in [-0.39, 0.29) is 19.2 Å². The minimum absolute atomic E-state index is 0.0714. The van der Waals surface area contributed by atoms with Crippen molar-refractivity contribution in [3.05, 3.63) is 75.5 Å². The summed E-state index contributed by atoms with van der Waals surface area (Å²) in [5.74, 6) is 0.222. The summed E-state index contributed by atoms with van der Waals surface area (Å²) in [4.78, 5) is 27.2. The molecule has 0 saturated carbocycles. The van der Waals surface area contributed by atoms with Crippen LogP contribution in [-0.4, -0.2) is 37.2 Å². The molecule has 0 fully saturated rings. The molecule has 0 radical (unpaired) electrons. The lowest BCUT2D eigenvalue weighted by Gasteiger charge is -2.35. The second-order valence-electron chi connectivity index (χ2n) is 7.92. The second kappa shape index (κ2) is 9.25. The molecular weight excluding hydrogens is 392 g/mol. The number of likely N-dealkylation sites (N-methyl/N-ethyl adjacent to an activating group) is 1. The SMILES string of the molecule is CCOC(=O)C1=C(COc2ccc(C)c(C)c2)N(C)C(=O)N[C@H]1c1ccc(C)cc1C. The Balaban J connectivity index is 2.06. The van der Waals surface area contributed by atoms with Crippen LogP contribution in [0.1, 0.15) is 40.8 Å². The molecule has 2 aromatic rings. The number of rotatable bonds is 6. The van der Waals surface area contributed by atoms with Crippen molar-refractivity contribution in [2.75, 3.05) is 20.3 Å². The average Bonchev–Trinajstić information content (AvgIpc) is 2.71. The molecule has 0 bridgehead atoms. The molecule has 164 valence electrons. The van der Waals surface area contributed by atoms with E-state index in [0.29, 0.717) is 17.0 Å². The number of carbonyl (C=O) groups is 2. The first-order chi connectivity index (χ1) is 14.7. The third-order valence-electron chi connectivity index (χ3n) is 5.66. The number of hydrogen-bond acceptors (Lipinski definition) is 4. The molecule has 0 saturated heterocycles. The number of benzene rings is 2. The molecule has 0 aromatic heterocycles. The van der Waals surface area contributed by atoms with E-state index in [2.05, 4.69) is 5.32 Å². The van der Waals surface area contributed by atoms with Crippen molar-refractivity contribution in [3.63, 3.8) is 0 Å². The maximum absolute atomic E-state index is 13.0. The minimum Gasteiger partial charge on any atom is -0.487 e. The lowest BCUT2D eigenvalue weighted by atomic mass is 9.91. The minimum atomic E-state index is -0.610. The van der Waals surface area contributed by atoms with Crippen molar-refractivity contribution in [1.29, 1.82) is 0 Å². The second-order valence-corrected chi connectivity index (χ2v) is 7.92. The van der Waals surface area contributed by atoms with Gasteiger partial charge in [0, 0.05) is 7.05 Å². The molecule has 2 amide bonds. The van der Waals surface area contributed by atoms with Crippen LogP contribution in [0.3, 0.4) is 0 Å². The zero-order valence-corrected chi connectivity index (χ0v) is 19.0. The quantitative estimate of drug-likeness (QED) is 0.696. The molecule has 31 heavy (non-hydrogen) atoms. The Morgan fingerprint density at radius 3 is 2.42 bits per heavy atom. The highest BCUT2D eigenvalue weighted by Gasteiger charge is 2.37. The Bertz CT molecular complexity index is 1040. The standard InChI is InChI=1S/C25H30N2O4/c1-7-30-24(28)22-21(14-31-19-10-9-16(3)17(4)13-19)27(6)25(29)26-23(22)20-11-8-15(2)12-18(20)5/h8-13,23H,7,14H2,1-6H3,(H,26,29)/t23-/m0/s1. The number of amides is 2. The Morgan fingerprint density at radius 1 is 1.03 bits per heavy atom. The normalized spacial score (nSPS) is 16.3. The van der Waals surface area contributed by atoms with Gasteiger partial charge in [0.05, 0.1) is 23.9 Å². The van der Waals surface area contributed by atoms with Gasteiger partial charge in [0.15, 0.2) is 0 Å². The van der Waals surface area contributed by atoms with Crippen molar-refractivity contribution >= 4 is 12.0 Å². The van der Waals surface area contributed by atoms with E-state index in [1.807, 2.05) is 64.1 Å². The van der Waals surface area contributed by atoms with Gasteiger partial charge < -0.3 is 14.8 Å². The molecule has 1 atom stereocenters. The molecule has 0 aliphatic carbocycles. The molecule has 3 rings (SSSR count). The predicted octanol–water partition coefficient (Wildman–Crippen LogP) is 4.51. The third kappa shape index (κ3) is 4.74. The summed E-state index contributed by atoms with van der Waals surface area (Å²) >= 11 is 0. The topological polar surface area (TPSA) is 67.9 Å². The molecule has 6 nitrogen and oxygen atoms in total. The zero-order chi connectivity index (χ0) is 22.7. The van der Waals surface area contributed by atoms with Crippen LogP contribution >= 0.6 is 0 Å². The van der Waals surface area contributed by atoms with Gasteiger partial charge in [0.2, 0.25) is 0 Å². The van der Waals surface area contributed by atoms with E-state index < -0.39 is 12.0 Å². The number of carbonyl (C=O) groups excluding carboxylic acids is 2. The first kappa shape index (κ1) is 22.4. The fourth-order valence-corrected chi connectivity index (χ4v) is 3.72. The summed E-state index contributed by atoms with van der Waals surface area (Å²) in [6, 6.07) is 10.9. The number of urea groups is 1. The molecule has 0 unspecified atom stereocenters. The lowest BCUT2D eigenvalue weighted by molar-refractivity contribution is -0.139. The first-order valence-electron chi connectivity index (χ1n) is 10.4. The summed E-state index contributed by atoms with van der Waals surface area (Å²) in [5, 5.41) is 2.95. The van der Waals surface area contributed by atoms with Crippen molar-refractivity contribution in [3.8, 4) is 5.75 Å². The number of ether oxygens (including phenoxy) is 2. The maximum atomic E-state index is 13.0. The Kier molecular flexibility index (Phi) is 6.68. The monoisotopic (exact) mass is 422 g/mol. The van der Waals surface area contributed by atoms with Gasteiger partial charge in [-0.05, 0) is 69.0 Å². The van der Waals surface area contributed by atoms with E-state index in [0.717, 1.165) is 22.3 Å². The van der Waals surface area contributed by atoms with Gasteiger partial charge in [-0.1, -0.05) is 29.8 Å². The molecule has 0 spiro atoms. The van der Waals surface area contributed by atoms with E-state index >= 15 is 0 Å².